The number of nitrogens with one attached hydrogen (secondary N) is 1. The van der Waals surface area contributed by atoms with Crippen LogP contribution in [-0.4, -0.2) is 45.2 Å². The summed E-state index contributed by atoms with van der Waals surface area (Å²) in [6, 6.07) is 0. The van der Waals surface area contributed by atoms with E-state index in [-0.39, 0.29) is 26.3 Å². The lowest BCUT2D eigenvalue weighted by Gasteiger charge is -2.04. The summed E-state index contributed by atoms with van der Waals surface area (Å²) >= 11 is 0. The summed E-state index contributed by atoms with van der Waals surface area (Å²) in [5.41, 5.74) is 0. The van der Waals surface area contributed by atoms with Gasteiger partial charge in [0.1, 0.15) is 13.2 Å². The van der Waals surface area contributed by atoms with Crippen LogP contribution in [0.4, 0.5) is 0 Å². The van der Waals surface area contributed by atoms with Crippen LogP contribution < -0.4 is 5.32 Å². The fourth-order valence-corrected chi connectivity index (χ4v) is 0.703. The third-order valence-corrected chi connectivity index (χ3v) is 1.52. The first-order chi connectivity index (χ1) is 6.70. The molecule has 0 atom stereocenters. The summed E-state index contributed by atoms with van der Waals surface area (Å²) in [5, 5.41) is 2.58. The second-order valence-corrected chi connectivity index (χ2v) is 2.73. The molecule has 5 heteroatoms. The predicted molar refractivity (Wildman–Crippen MR) is 53.1 cm³/mol. The van der Waals surface area contributed by atoms with Gasteiger partial charge in [0.2, 0.25) is 5.91 Å². The molecule has 0 aliphatic carbocycles. The lowest BCUT2D eigenvalue weighted by atomic mass is 10.3. The Hall–Kier alpha value is -0.940. The maximum absolute atomic E-state index is 11.0. The van der Waals surface area contributed by atoms with Gasteiger partial charge in [-0.2, -0.15) is 0 Å². The molecule has 84 valence electrons. The minimum Gasteiger partial charge on any atom is -0.383 e. The zero-order valence-corrected chi connectivity index (χ0v) is 8.67. The Labute approximate surface area is 85.2 Å². The number of hydrogen-bond donors (Lipinski definition) is 1. The van der Waals surface area contributed by atoms with Crippen LogP contribution in [0.25, 0.3) is 0 Å². The zero-order valence-electron chi connectivity index (χ0n) is 8.67. The SMILES string of the molecule is CCC(=O)COCC(=O)NCCOC.[HH]. The van der Waals surface area contributed by atoms with Crippen molar-refractivity contribution in [3.63, 3.8) is 0 Å². The molecular weight excluding hydrogens is 186 g/mol. The van der Waals surface area contributed by atoms with Gasteiger partial charge in [-0.1, -0.05) is 6.92 Å². The first kappa shape index (κ1) is 13.1. The van der Waals surface area contributed by atoms with Crippen molar-refractivity contribution in [2.75, 3.05) is 33.5 Å². The van der Waals surface area contributed by atoms with Gasteiger partial charge in [-0.05, 0) is 0 Å². The number of ketones is 1. The summed E-state index contributed by atoms with van der Waals surface area (Å²) in [5.74, 6) is -0.236. The largest absolute Gasteiger partial charge is 0.383 e. The molecule has 0 saturated carbocycles. The van der Waals surface area contributed by atoms with Crippen LogP contribution in [0.15, 0.2) is 0 Å². The molecule has 0 aliphatic rings. The van der Waals surface area contributed by atoms with E-state index < -0.39 is 0 Å². The summed E-state index contributed by atoms with van der Waals surface area (Å²) in [6.45, 7) is 2.62. The van der Waals surface area contributed by atoms with Crippen molar-refractivity contribution < 1.29 is 20.5 Å². The van der Waals surface area contributed by atoms with Crippen molar-refractivity contribution in [2.45, 2.75) is 13.3 Å². The van der Waals surface area contributed by atoms with E-state index in [1.165, 1.54) is 0 Å². The maximum Gasteiger partial charge on any atom is 0.246 e. The Morgan fingerprint density at radius 3 is 2.64 bits per heavy atom. The van der Waals surface area contributed by atoms with Gasteiger partial charge in [0.15, 0.2) is 5.78 Å². The summed E-state index contributed by atoms with van der Waals surface area (Å²) < 4.78 is 9.62. The highest BCUT2D eigenvalue weighted by atomic mass is 16.5. The third-order valence-electron chi connectivity index (χ3n) is 1.52. The Morgan fingerprint density at radius 2 is 2.07 bits per heavy atom. The predicted octanol–water partition coefficient (Wildman–Crippen LogP) is -0.00930. The van der Waals surface area contributed by atoms with Crippen LogP contribution in [0, 0.1) is 0 Å². The van der Waals surface area contributed by atoms with E-state index in [2.05, 4.69) is 5.32 Å². The van der Waals surface area contributed by atoms with E-state index in [0.717, 1.165) is 0 Å². The quantitative estimate of drug-likeness (QED) is 0.566. The van der Waals surface area contributed by atoms with Crippen LogP contribution in [0.2, 0.25) is 0 Å². The molecule has 0 radical (unpaired) electrons. The molecule has 0 aliphatic heterocycles. The Balaban J connectivity index is 0. The van der Waals surface area contributed by atoms with Crippen LogP contribution in [0.5, 0.6) is 0 Å². The molecule has 0 bridgehead atoms. The Morgan fingerprint density at radius 1 is 1.36 bits per heavy atom. The number of ether oxygens (including phenoxy) is 2. The first-order valence-electron chi connectivity index (χ1n) is 4.55. The molecule has 0 saturated heterocycles. The van der Waals surface area contributed by atoms with Gasteiger partial charge in [-0.25, -0.2) is 0 Å². The van der Waals surface area contributed by atoms with E-state index in [1.807, 2.05) is 0 Å². The number of amides is 1. The number of carbonyl (C=O) groups excluding carboxylic acids is 2. The van der Waals surface area contributed by atoms with Gasteiger partial charge in [0.25, 0.3) is 0 Å². The molecule has 0 aromatic rings. The number of carbonyl (C=O) groups is 2. The van der Waals surface area contributed by atoms with E-state index in [9.17, 15) is 9.59 Å². The van der Waals surface area contributed by atoms with Gasteiger partial charge >= 0.3 is 0 Å². The number of rotatable bonds is 8. The van der Waals surface area contributed by atoms with E-state index >= 15 is 0 Å². The highest BCUT2D eigenvalue weighted by molar-refractivity contribution is 5.80. The normalized spacial score (nSPS) is 9.86. The van der Waals surface area contributed by atoms with Gasteiger partial charge in [0, 0.05) is 21.5 Å². The van der Waals surface area contributed by atoms with Crippen LogP contribution in [0.1, 0.15) is 14.8 Å². The van der Waals surface area contributed by atoms with Crippen LogP contribution in [0.3, 0.4) is 0 Å². The van der Waals surface area contributed by atoms with Gasteiger partial charge < -0.3 is 14.8 Å². The highest BCUT2D eigenvalue weighted by Gasteiger charge is 2.02. The second kappa shape index (κ2) is 8.65. The lowest BCUT2D eigenvalue weighted by molar-refractivity contribution is -0.129. The van der Waals surface area contributed by atoms with E-state index in [4.69, 9.17) is 9.47 Å². The van der Waals surface area contributed by atoms with Gasteiger partial charge in [0.05, 0.1) is 6.61 Å². The van der Waals surface area contributed by atoms with Crippen molar-refractivity contribution in [1.82, 2.24) is 5.32 Å². The second-order valence-electron chi connectivity index (χ2n) is 2.73. The van der Waals surface area contributed by atoms with E-state index in [1.54, 1.807) is 14.0 Å². The zero-order chi connectivity index (χ0) is 10.8. The van der Waals surface area contributed by atoms with Crippen molar-refractivity contribution in [3.05, 3.63) is 0 Å². The van der Waals surface area contributed by atoms with Gasteiger partial charge in [-0.15, -0.1) is 0 Å². The molecule has 0 aromatic carbocycles. The molecule has 0 heterocycles. The monoisotopic (exact) mass is 205 g/mol. The molecule has 0 aromatic heterocycles. The summed E-state index contributed by atoms with van der Waals surface area (Å²) in [6.07, 6.45) is 0.436. The molecule has 0 spiro atoms. The molecule has 0 rings (SSSR count). The minimum atomic E-state index is -0.231. The van der Waals surface area contributed by atoms with Gasteiger partial charge in [-0.3, -0.25) is 9.59 Å². The lowest BCUT2D eigenvalue weighted by Crippen LogP contribution is -2.31. The molecule has 1 amide bonds. The summed E-state index contributed by atoms with van der Waals surface area (Å²) in [4.78, 5) is 21.8. The van der Waals surface area contributed by atoms with Crippen LogP contribution in [-0.2, 0) is 19.1 Å². The van der Waals surface area contributed by atoms with Crippen molar-refractivity contribution in [3.8, 4) is 0 Å². The average molecular weight is 205 g/mol. The van der Waals surface area contributed by atoms with Crippen molar-refractivity contribution >= 4 is 11.7 Å². The first-order valence-corrected chi connectivity index (χ1v) is 4.55. The minimum absolute atomic E-state index is 0. The smallest absolute Gasteiger partial charge is 0.246 e. The molecular formula is C9H19NO4. The molecule has 0 fully saturated rings. The van der Waals surface area contributed by atoms with Crippen LogP contribution >= 0.6 is 0 Å². The molecule has 14 heavy (non-hydrogen) atoms. The standard InChI is InChI=1S/C9H17NO4.H2/c1-3-8(11)6-14-7-9(12)10-4-5-13-2;/h3-7H2,1-2H3,(H,10,12);1H. The van der Waals surface area contributed by atoms with Crippen molar-refractivity contribution in [2.24, 2.45) is 0 Å². The maximum atomic E-state index is 11.0. The Bertz CT molecular complexity index is 187. The summed E-state index contributed by atoms with van der Waals surface area (Å²) in [7, 11) is 1.56. The number of hydrogen-bond acceptors (Lipinski definition) is 4. The average Bonchev–Trinajstić information content (AvgIpc) is 2.18. The third kappa shape index (κ3) is 7.70. The van der Waals surface area contributed by atoms with E-state index in [0.29, 0.717) is 19.6 Å². The molecule has 0 unspecified atom stereocenters. The molecule has 5 nitrogen and oxygen atoms in total. The number of Topliss-reactive ketones (excluding diaryl/α,β-unsaturated/α-hetero) is 1. The highest BCUT2D eigenvalue weighted by Crippen LogP contribution is 1.83. The molecule has 1 N–H and O–H groups in total. The topological polar surface area (TPSA) is 64.6 Å². The number of methoxy groups -OCH3 is 1. The van der Waals surface area contributed by atoms with Crippen molar-refractivity contribution in [1.29, 1.82) is 0 Å². The Kier molecular flexibility index (Phi) is 8.07. The fourth-order valence-electron chi connectivity index (χ4n) is 0.703. The fraction of sp³-hybridized carbons (Fsp3) is 0.778.